The lowest BCUT2D eigenvalue weighted by atomic mass is 9.92. The highest BCUT2D eigenvalue weighted by molar-refractivity contribution is 7.12. The molecular weight excluding hydrogens is 362 g/mol. The Morgan fingerprint density at radius 1 is 1.26 bits per heavy atom. The van der Waals surface area contributed by atoms with E-state index in [1.165, 1.54) is 0 Å². The van der Waals surface area contributed by atoms with Crippen molar-refractivity contribution in [2.45, 2.75) is 51.4 Å². The molecule has 0 bridgehead atoms. The number of piperidine rings is 1. The average Bonchev–Trinajstić information content (AvgIpc) is 3.36. The highest BCUT2D eigenvalue weighted by Crippen LogP contribution is 2.27. The number of carbonyl (C=O) groups excluding carboxylic acids is 1. The van der Waals surface area contributed by atoms with Gasteiger partial charge in [0.25, 0.3) is 5.91 Å². The van der Waals surface area contributed by atoms with Gasteiger partial charge in [-0.1, -0.05) is 5.16 Å². The van der Waals surface area contributed by atoms with Crippen molar-refractivity contribution in [3.05, 3.63) is 33.6 Å². The fourth-order valence-electron chi connectivity index (χ4n) is 3.97. The van der Waals surface area contributed by atoms with Crippen LogP contribution in [0.25, 0.3) is 0 Å². The number of ether oxygens (including phenoxy) is 1. The standard InChI is InChI=1S/C20H27N3O3S/c1-14-8-13-27-18(14)20(24)23-9-4-15(5-10-23)2-3-17-21-19(26-22-17)16-6-11-25-12-7-16/h8,13,15-16H,2-7,9-12H2,1H3. The summed E-state index contributed by atoms with van der Waals surface area (Å²) in [6.07, 6.45) is 5.97. The van der Waals surface area contributed by atoms with E-state index >= 15 is 0 Å². The normalized spacial score (nSPS) is 19.5. The smallest absolute Gasteiger partial charge is 0.264 e. The second-order valence-electron chi connectivity index (χ2n) is 7.64. The SMILES string of the molecule is Cc1ccsc1C(=O)N1CCC(CCc2noc(C3CCOCC3)n2)CC1. The Kier molecular flexibility index (Phi) is 5.88. The minimum atomic E-state index is 0.195. The molecule has 0 aliphatic carbocycles. The molecule has 2 aromatic rings. The van der Waals surface area contributed by atoms with Gasteiger partial charge in [-0.15, -0.1) is 11.3 Å². The van der Waals surface area contributed by atoms with Crippen LogP contribution in [0.5, 0.6) is 0 Å². The summed E-state index contributed by atoms with van der Waals surface area (Å²) in [7, 11) is 0. The maximum atomic E-state index is 12.6. The van der Waals surface area contributed by atoms with Crippen LogP contribution in [0.2, 0.25) is 0 Å². The third-order valence-corrected chi connectivity index (χ3v) is 6.79. The first-order valence-electron chi connectivity index (χ1n) is 9.94. The Morgan fingerprint density at radius 3 is 2.74 bits per heavy atom. The monoisotopic (exact) mass is 389 g/mol. The van der Waals surface area contributed by atoms with Gasteiger partial charge >= 0.3 is 0 Å². The largest absolute Gasteiger partial charge is 0.381 e. The first-order chi connectivity index (χ1) is 13.2. The molecule has 2 aromatic heterocycles. The molecule has 0 spiro atoms. The van der Waals surface area contributed by atoms with E-state index in [1.807, 2.05) is 23.3 Å². The van der Waals surface area contributed by atoms with Crippen molar-refractivity contribution < 1.29 is 14.1 Å². The third-order valence-electron chi connectivity index (χ3n) is 5.79. The van der Waals surface area contributed by atoms with Crippen molar-refractivity contribution in [2.24, 2.45) is 5.92 Å². The number of aryl methyl sites for hydroxylation is 2. The van der Waals surface area contributed by atoms with Crippen LogP contribution < -0.4 is 0 Å². The Labute approximate surface area is 163 Å². The summed E-state index contributed by atoms with van der Waals surface area (Å²) >= 11 is 1.55. The second-order valence-corrected chi connectivity index (χ2v) is 8.56. The van der Waals surface area contributed by atoms with Gasteiger partial charge in [-0.3, -0.25) is 4.79 Å². The predicted octanol–water partition coefficient (Wildman–Crippen LogP) is 3.82. The van der Waals surface area contributed by atoms with Crippen molar-refractivity contribution in [1.29, 1.82) is 0 Å². The molecule has 27 heavy (non-hydrogen) atoms. The van der Waals surface area contributed by atoms with Crippen molar-refractivity contribution in [1.82, 2.24) is 15.0 Å². The lowest BCUT2D eigenvalue weighted by Crippen LogP contribution is -2.38. The number of hydrogen-bond donors (Lipinski definition) is 0. The van der Waals surface area contributed by atoms with Gasteiger partial charge in [-0.2, -0.15) is 4.98 Å². The Hall–Kier alpha value is -1.73. The van der Waals surface area contributed by atoms with Crippen molar-refractivity contribution in [3.63, 3.8) is 0 Å². The summed E-state index contributed by atoms with van der Waals surface area (Å²) in [5.41, 5.74) is 1.09. The summed E-state index contributed by atoms with van der Waals surface area (Å²) in [5.74, 6) is 2.78. The van der Waals surface area contributed by atoms with E-state index in [0.29, 0.717) is 11.8 Å². The number of thiophene rings is 1. The van der Waals surface area contributed by atoms with Gasteiger partial charge in [0.15, 0.2) is 5.82 Å². The molecule has 0 N–H and O–H groups in total. The molecule has 0 atom stereocenters. The van der Waals surface area contributed by atoms with E-state index in [0.717, 1.165) is 87.0 Å². The molecule has 4 rings (SSSR count). The van der Waals surface area contributed by atoms with Crippen LogP contribution in [0.1, 0.15) is 65.0 Å². The summed E-state index contributed by atoms with van der Waals surface area (Å²) < 4.78 is 10.9. The molecule has 2 fully saturated rings. The molecule has 0 radical (unpaired) electrons. The minimum absolute atomic E-state index is 0.195. The van der Waals surface area contributed by atoms with E-state index in [-0.39, 0.29) is 5.91 Å². The van der Waals surface area contributed by atoms with Crippen LogP contribution in [-0.4, -0.2) is 47.3 Å². The zero-order valence-corrected chi connectivity index (χ0v) is 16.7. The predicted molar refractivity (Wildman–Crippen MR) is 103 cm³/mol. The third kappa shape index (κ3) is 4.41. The lowest BCUT2D eigenvalue weighted by molar-refractivity contribution is 0.0691. The van der Waals surface area contributed by atoms with Gasteiger partial charge < -0.3 is 14.2 Å². The first-order valence-corrected chi connectivity index (χ1v) is 10.8. The van der Waals surface area contributed by atoms with E-state index < -0.39 is 0 Å². The zero-order chi connectivity index (χ0) is 18.6. The van der Waals surface area contributed by atoms with E-state index in [9.17, 15) is 4.79 Å². The van der Waals surface area contributed by atoms with E-state index in [1.54, 1.807) is 11.3 Å². The molecule has 0 aromatic carbocycles. The fraction of sp³-hybridized carbons (Fsp3) is 0.650. The Balaban J connectivity index is 1.23. The molecule has 146 valence electrons. The van der Waals surface area contributed by atoms with Crippen LogP contribution in [0.3, 0.4) is 0 Å². The Morgan fingerprint density at radius 2 is 2.04 bits per heavy atom. The molecule has 7 heteroatoms. The average molecular weight is 390 g/mol. The number of carbonyl (C=O) groups is 1. The number of hydrogen-bond acceptors (Lipinski definition) is 6. The van der Waals surface area contributed by atoms with Crippen LogP contribution >= 0.6 is 11.3 Å². The summed E-state index contributed by atoms with van der Waals surface area (Å²) in [6.45, 7) is 5.27. The van der Waals surface area contributed by atoms with E-state index in [4.69, 9.17) is 9.26 Å². The fourth-order valence-corrected chi connectivity index (χ4v) is 4.86. The van der Waals surface area contributed by atoms with Gasteiger partial charge in [0, 0.05) is 38.6 Å². The molecule has 0 saturated carbocycles. The van der Waals surface area contributed by atoms with Gasteiger partial charge in [-0.05, 0) is 62.0 Å². The van der Waals surface area contributed by atoms with Crippen LogP contribution in [0.15, 0.2) is 16.0 Å². The number of nitrogens with zero attached hydrogens (tertiary/aromatic N) is 3. The summed E-state index contributed by atoms with van der Waals surface area (Å²) in [4.78, 5) is 20.1. The molecule has 4 heterocycles. The van der Waals surface area contributed by atoms with Gasteiger partial charge in [0.05, 0.1) is 4.88 Å². The van der Waals surface area contributed by atoms with Gasteiger partial charge in [-0.25, -0.2) is 0 Å². The molecular formula is C20H27N3O3S. The van der Waals surface area contributed by atoms with Crippen molar-refractivity contribution in [2.75, 3.05) is 26.3 Å². The highest BCUT2D eigenvalue weighted by atomic mass is 32.1. The molecule has 2 saturated heterocycles. The highest BCUT2D eigenvalue weighted by Gasteiger charge is 2.26. The van der Waals surface area contributed by atoms with Crippen molar-refractivity contribution >= 4 is 17.2 Å². The van der Waals surface area contributed by atoms with Gasteiger partial charge in [0.2, 0.25) is 5.89 Å². The van der Waals surface area contributed by atoms with Crippen LogP contribution in [0.4, 0.5) is 0 Å². The second kappa shape index (κ2) is 8.52. The van der Waals surface area contributed by atoms with E-state index in [2.05, 4.69) is 10.1 Å². The molecule has 6 nitrogen and oxygen atoms in total. The topological polar surface area (TPSA) is 68.5 Å². The van der Waals surface area contributed by atoms with Crippen LogP contribution in [0, 0.1) is 12.8 Å². The maximum absolute atomic E-state index is 12.6. The van der Waals surface area contributed by atoms with Crippen molar-refractivity contribution in [3.8, 4) is 0 Å². The van der Waals surface area contributed by atoms with Gasteiger partial charge in [0.1, 0.15) is 0 Å². The number of likely N-dealkylation sites (tertiary alicyclic amines) is 1. The molecule has 1 amide bonds. The summed E-state index contributed by atoms with van der Waals surface area (Å²) in [5, 5.41) is 6.17. The van der Waals surface area contributed by atoms with Crippen LogP contribution in [-0.2, 0) is 11.2 Å². The lowest BCUT2D eigenvalue weighted by Gasteiger charge is -2.31. The Bertz CT molecular complexity index is 758. The summed E-state index contributed by atoms with van der Waals surface area (Å²) in [6, 6.07) is 2.02. The molecule has 2 aliphatic heterocycles. The first kappa shape index (κ1) is 18.6. The zero-order valence-electron chi connectivity index (χ0n) is 15.9. The minimum Gasteiger partial charge on any atom is -0.381 e. The maximum Gasteiger partial charge on any atom is 0.264 e. The quantitative estimate of drug-likeness (QED) is 0.778. The molecule has 0 unspecified atom stereocenters. The number of amides is 1. The number of rotatable bonds is 5. The molecule has 2 aliphatic rings. The number of aromatic nitrogens is 2.